The summed E-state index contributed by atoms with van der Waals surface area (Å²) < 4.78 is 0. The molecule has 28 heavy (non-hydrogen) atoms. The third kappa shape index (κ3) is 2.49. The summed E-state index contributed by atoms with van der Waals surface area (Å²) in [6.45, 7) is 12.3. The highest BCUT2D eigenvalue weighted by molar-refractivity contribution is 5.46. The molecule has 0 atom stereocenters. The molecule has 5 nitrogen and oxygen atoms in total. The quantitative estimate of drug-likeness (QED) is 0.855. The van der Waals surface area contributed by atoms with E-state index in [1.807, 2.05) is 24.4 Å². The molecule has 150 valence electrons. The van der Waals surface area contributed by atoms with Gasteiger partial charge in [0.2, 0.25) is 0 Å². The smallest absolute Gasteiger partial charge is 0.121 e. The first-order valence-corrected chi connectivity index (χ1v) is 10.1. The van der Waals surface area contributed by atoms with Crippen LogP contribution in [0.4, 0.5) is 5.69 Å². The van der Waals surface area contributed by atoms with Gasteiger partial charge in [0.1, 0.15) is 11.4 Å². The Bertz CT molecular complexity index is 826. The van der Waals surface area contributed by atoms with E-state index in [1.54, 1.807) is 18.3 Å². The van der Waals surface area contributed by atoms with Crippen molar-refractivity contribution < 1.29 is 10.2 Å². The predicted molar refractivity (Wildman–Crippen MR) is 111 cm³/mol. The molecule has 1 saturated heterocycles. The van der Waals surface area contributed by atoms with Crippen molar-refractivity contribution in [3.05, 3.63) is 54.4 Å². The van der Waals surface area contributed by atoms with Crippen LogP contribution in [0.15, 0.2) is 48.8 Å². The Labute approximate surface area is 167 Å². The molecule has 0 unspecified atom stereocenters. The van der Waals surface area contributed by atoms with Gasteiger partial charge < -0.3 is 15.1 Å². The van der Waals surface area contributed by atoms with Crippen LogP contribution in [-0.4, -0.2) is 52.3 Å². The highest BCUT2D eigenvalue weighted by Crippen LogP contribution is 2.69. The maximum absolute atomic E-state index is 11.8. The Hall–Kier alpha value is -2.11. The van der Waals surface area contributed by atoms with Gasteiger partial charge in [-0.2, -0.15) is 0 Å². The van der Waals surface area contributed by atoms with Crippen LogP contribution in [0.2, 0.25) is 0 Å². The fraction of sp³-hybridized carbons (Fsp3) is 0.522. The predicted octanol–water partition coefficient (Wildman–Crippen LogP) is 3.23. The topological polar surface area (TPSA) is 59.8 Å². The number of nitrogens with zero attached hydrogens (tertiary/aromatic N) is 3. The molecule has 0 amide bonds. The summed E-state index contributed by atoms with van der Waals surface area (Å²) >= 11 is 0. The minimum Gasteiger partial charge on any atom is -0.508 e. The zero-order chi connectivity index (χ0) is 20.2. The number of aromatic nitrogens is 1. The molecule has 0 radical (unpaired) electrons. The van der Waals surface area contributed by atoms with E-state index in [4.69, 9.17) is 0 Å². The van der Waals surface area contributed by atoms with E-state index in [0.717, 1.165) is 26.2 Å². The van der Waals surface area contributed by atoms with Gasteiger partial charge in [0.25, 0.3) is 0 Å². The first-order valence-electron chi connectivity index (χ1n) is 10.1. The van der Waals surface area contributed by atoms with Crippen molar-refractivity contribution in [2.75, 3.05) is 31.1 Å². The molecule has 4 rings (SSSR count). The third-order valence-electron chi connectivity index (χ3n) is 7.22. The minimum atomic E-state index is -1.09. The zero-order valence-corrected chi connectivity index (χ0v) is 17.3. The van der Waals surface area contributed by atoms with E-state index in [2.05, 4.69) is 48.5 Å². The molecule has 1 aromatic heterocycles. The SMILES string of the molecule is CC1(C)C(N2CCN(c3cccnc3)CC2)C(C)(C)C1(O)c1ccccc1O. The summed E-state index contributed by atoms with van der Waals surface area (Å²) in [6.07, 6.45) is 3.72. The number of pyridine rings is 1. The number of rotatable bonds is 3. The van der Waals surface area contributed by atoms with Crippen molar-refractivity contribution in [1.82, 2.24) is 9.88 Å². The van der Waals surface area contributed by atoms with Crippen molar-refractivity contribution in [2.24, 2.45) is 10.8 Å². The van der Waals surface area contributed by atoms with Crippen molar-refractivity contribution >= 4 is 5.69 Å². The molecule has 1 aliphatic heterocycles. The van der Waals surface area contributed by atoms with Crippen LogP contribution in [0.1, 0.15) is 33.3 Å². The molecule has 2 N–H and O–H groups in total. The van der Waals surface area contributed by atoms with Crippen LogP contribution in [0.5, 0.6) is 5.75 Å². The first-order chi connectivity index (χ1) is 13.2. The van der Waals surface area contributed by atoms with Gasteiger partial charge in [-0.15, -0.1) is 0 Å². The second-order valence-electron chi connectivity index (χ2n) is 9.31. The van der Waals surface area contributed by atoms with Crippen LogP contribution in [-0.2, 0) is 5.60 Å². The van der Waals surface area contributed by atoms with Crippen LogP contribution >= 0.6 is 0 Å². The summed E-state index contributed by atoms with van der Waals surface area (Å²) in [5.74, 6) is 0.172. The van der Waals surface area contributed by atoms with E-state index >= 15 is 0 Å². The fourth-order valence-electron chi connectivity index (χ4n) is 6.22. The number of anilines is 1. The summed E-state index contributed by atoms with van der Waals surface area (Å²) in [5.41, 5.74) is -0.0519. The molecule has 5 heteroatoms. The number of hydrogen-bond acceptors (Lipinski definition) is 5. The monoisotopic (exact) mass is 381 g/mol. The van der Waals surface area contributed by atoms with Gasteiger partial charge in [-0.25, -0.2) is 0 Å². The lowest BCUT2D eigenvalue weighted by Crippen LogP contribution is -2.79. The normalized spacial score (nSPS) is 29.3. The zero-order valence-electron chi connectivity index (χ0n) is 17.3. The number of para-hydroxylation sites is 1. The van der Waals surface area contributed by atoms with E-state index in [-0.39, 0.29) is 22.6 Å². The number of phenolic OH excluding ortho intramolecular Hbond substituents is 1. The van der Waals surface area contributed by atoms with Crippen LogP contribution in [0.25, 0.3) is 0 Å². The van der Waals surface area contributed by atoms with Gasteiger partial charge in [0, 0.05) is 54.8 Å². The Balaban J connectivity index is 1.56. The lowest BCUT2D eigenvalue weighted by molar-refractivity contribution is -0.308. The average Bonchev–Trinajstić information content (AvgIpc) is 2.68. The highest BCUT2D eigenvalue weighted by Gasteiger charge is 2.74. The van der Waals surface area contributed by atoms with Crippen molar-refractivity contribution in [2.45, 2.75) is 39.3 Å². The van der Waals surface area contributed by atoms with E-state index in [0.29, 0.717) is 5.56 Å². The molecule has 0 bridgehead atoms. The molecular weight excluding hydrogens is 350 g/mol. The number of benzene rings is 1. The van der Waals surface area contributed by atoms with Crippen LogP contribution in [0.3, 0.4) is 0 Å². The summed E-state index contributed by atoms with van der Waals surface area (Å²) in [7, 11) is 0. The number of aliphatic hydroxyl groups is 1. The maximum atomic E-state index is 11.8. The fourth-order valence-corrected chi connectivity index (χ4v) is 6.22. The molecule has 0 spiro atoms. The average molecular weight is 382 g/mol. The van der Waals surface area contributed by atoms with Crippen LogP contribution < -0.4 is 4.90 Å². The summed E-state index contributed by atoms with van der Waals surface area (Å²) in [6, 6.07) is 11.5. The highest BCUT2D eigenvalue weighted by atomic mass is 16.3. The maximum Gasteiger partial charge on any atom is 0.121 e. The first kappa shape index (κ1) is 19.2. The van der Waals surface area contributed by atoms with Gasteiger partial charge >= 0.3 is 0 Å². The van der Waals surface area contributed by atoms with Gasteiger partial charge in [0.15, 0.2) is 0 Å². The molecule has 2 heterocycles. The number of piperazine rings is 1. The third-order valence-corrected chi connectivity index (χ3v) is 7.22. The molecular formula is C23H31N3O2. The molecule has 2 aliphatic rings. The van der Waals surface area contributed by atoms with Crippen molar-refractivity contribution in [3.8, 4) is 5.75 Å². The lowest BCUT2D eigenvalue weighted by atomic mass is 9.39. The van der Waals surface area contributed by atoms with Crippen molar-refractivity contribution in [3.63, 3.8) is 0 Å². The second-order valence-corrected chi connectivity index (χ2v) is 9.31. The summed E-state index contributed by atoms with van der Waals surface area (Å²) in [5, 5.41) is 22.3. The standard InChI is InChI=1S/C23H31N3O2/c1-21(2)20(22(3,4)23(21,28)18-9-5-6-10-19(18)27)26-14-12-25(13-15-26)17-8-7-11-24-16-17/h5-11,16,20,27-28H,12-15H2,1-4H3. The van der Waals surface area contributed by atoms with E-state index in [1.165, 1.54) is 5.69 Å². The van der Waals surface area contributed by atoms with E-state index < -0.39 is 5.60 Å². The Morgan fingerprint density at radius 2 is 1.57 bits per heavy atom. The molecule has 2 aromatic rings. The largest absolute Gasteiger partial charge is 0.508 e. The molecule has 2 fully saturated rings. The number of aromatic hydroxyl groups is 1. The van der Waals surface area contributed by atoms with Gasteiger partial charge in [-0.3, -0.25) is 9.88 Å². The number of phenols is 1. The summed E-state index contributed by atoms with van der Waals surface area (Å²) in [4.78, 5) is 9.12. The Morgan fingerprint density at radius 3 is 2.14 bits per heavy atom. The van der Waals surface area contributed by atoms with Gasteiger partial charge in [-0.1, -0.05) is 45.9 Å². The molecule has 1 aliphatic carbocycles. The number of hydrogen-bond donors (Lipinski definition) is 2. The van der Waals surface area contributed by atoms with Gasteiger partial charge in [-0.05, 0) is 18.2 Å². The minimum absolute atomic E-state index is 0.172. The van der Waals surface area contributed by atoms with Crippen molar-refractivity contribution in [1.29, 1.82) is 0 Å². The van der Waals surface area contributed by atoms with Crippen LogP contribution in [0, 0.1) is 10.8 Å². The lowest BCUT2D eigenvalue weighted by Gasteiger charge is -2.72. The van der Waals surface area contributed by atoms with Gasteiger partial charge in [0.05, 0.1) is 11.9 Å². The molecule has 1 aromatic carbocycles. The Morgan fingerprint density at radius 1 is 0.929 bits per heavy atom. The Kier molecular flexibility index (Phi) is 4.43. The molecule has 1 saturated carbocycles. The second kappa shape index (κ2) is 6.46. The van der Waals surface area contributed by atoms with E-state index in [9.17, 15) is 10.2 Å².